The predicted molar refractivity (Wildman–Crippen MR) is 96.5 cm³/mol. The molecule has 1 N–H and O–H groups in total. The van der Waals surface area contributed by atoms with Gasteiger partial charge in [0.05, 0.1) is 5.02 Å². The summed E-state index contributed by atoms with van der Waals surface area (Å²) in [5.41, 5.74) is 2.60. The third-order valence-corrected chi connectivity index (χ3v) is 4.82. The van der Waals surface area contributed by atoms with Crippen molar-refractivity contribution in [3.8, 4) is 11.5 Å². The summed E-state index contributed by atoms with van der Waals surface area (Å²) in [6.07, 6.45) is 3.21. The molecule has 1 unspecified atom stereocenters. The quantitative estimate of drug-likeness (QED) is 0.857. The number of carbonyl (C=O) groups is 1. The van der Waals surface area contributed by atoms with Crippen molar-refractivity contribution in [2.45, 2.75) is 19.1 Å². The van der Waals surface area contributed by atoms with Crippen LogP contribution in [-0.4, -0.2) is 34.2 Å². The topological polar surface area (TPSA) is 71.9 Å². The Hall–Kier alpha value is -2.73. The average molecular weight is 373 g/mol. The van der Waals surface area contributed by atoms with Gasteiger partial charge in [-0.1, -0.05) is 29.8 Å². The van der Waals surface area contributed by atoms with Crippen molar-refractivity contribution in [3.63, 3.8) is 0 Å². The minimum Gasteiger partial charge on any atom is -0.465 e. The lowest BCUT2D eigenvalue weighted by molar-refractivity contribution is -0.0718. The molecule has 0 spiro atoms. The van der Waals surface area contributed by atoms with E-state index in [0.717, 1.165) is 11.1 Å². The first-order valence-corrected chi connectivity index (χ1v) is 8.64. The number of benzene rings is 1. The molecule has 2 aromatic rings. The molecule has 7 heteroatoms. The highest BCUT2D eigenvalue weighted by molar-refractivity contribution is 6.30. The van der Waals surface area contributed by atoms with Crippen LogP contribution in [-0.2, 0) is 5.79 Å². The summed E-state index contributed by atoms with van der Waals surface area (Å²) < 4.78 is 12.2. The van der Waals surface area contributed by atoms with E-state index in [1.54, 1.807) is 18.3 Å². The highest BCUT2D eigenvalue weighted by Gasteiger charge is 2.41. The molecule has 3 heterocycles. The lowest BCUT2D eigenvalue weighted by Gasteiger charge is -2.25. The number of hydrogen-bond acceptors (Lipinski definition) is 4. The second kappa shape index (κ2) is 6.21. The maximum absolute atomic E-state index is 11.1. The number of ether oxygens (including phenoxy) is 2. The van der Waals surface area contributed by atoms with Crippen molar-refractivity contribution in [1.82, 2.24) is 9.88 Å². The van der Waals surface area contributed by atoms with E-state index < -0.39 is 11.9 Å². The Morgan fingerprint density at radius 2 is 2.15 bits per heavy atom. The van der Waals surface area contributed by atoms with Crippen LogP contribution in [0.4, 0.5) is 4.79 Å². The summed E-state index contributed by atoms with van der Waals surface area (Å²) in [7, 11) is 0. The van der Waals surface area contributed by atoms with Gasteiger partial charge in [-0.05, 0) is 30.2 Å². The first kappa shape index (κ1) is 16.7. The largest absolute Gasteiger partial charge is 0.465 e. The fourth-order valence-electron chi connectivity index (χ4n) is 3.22. The summed E-state index contributed by atoms with van der Waals surface area (Å²) in [6.45, 7) is 2.64. The van der Waals surface area contributed by atoms with Crippen LogP contribution in [0, 0.1) is 0 Å². The molecule has 0 aliphatic carbocycles. The molecule has 1 amide bonds. The Kier molecular flexibility index (Phi) is 4.00. The monoisotopic (exact) mass is 372 g/mol. The molecule has 0 saturated carbocycles. The fraction of sp³-hybridized carbons (Fsp3) is 0.263. The number of halogens is 1. The van der Waals surface area contributed by atoms with E-state index in [2.05, 4.69) is 4.98 Å². The van der Waals surface area contributed by atoms with E-state index in [1.807, 2.05) is 31.2 Å². The number of amides is 1. The van der Waals surface area contributed by atoms with E-state index in [-0.39, 0.29) is 0 Å². The second-order valence-corrected chi connectivity index (χ2v) is 6.79. The van der Waals surface area contributed by atoms with Gasteiger partial charge in [-0.2, -0.15) is 0 Å². The van der Waals surface area contributed by atoms with Gasteiger partial charge in [-0.3, -0.25) is 4.98 Å². The molecular weight excluding hydrogens is 356 g/mol. The fourth-order valence-corrected chi connectivity index (χ4v) is 3.33. The van der Waals surface area contributed by atoms with Gasteiger partial charge in [0.15, 0.2) is 11.5 Å². The molecule has 6 nitrogen and oxygen atoms in total. The number of para-hydroxylation sites is 1. The van der Waals surface area contributed by atoms with Gasteiger partial charge in [0, 0.05) is 31.8 Å². The lowest BCUT2D eigenvalue weighted by Crippen LogP contribution is -2.33. The van der Waals surface area contributed by atoms with Crippen molar-refractivity contribution >= 4 is 23.3 Å². The van der Waals surface area contributed by atoms with Gasteiger partial charge in [-0.25, -0.2) is 4.79 Å². The predicted octanol–water partition coefficient (Wildman–Crippen LogP) is 4.15. The Labute approximate surface area is 155 Å². The zero-order chi connectivity index (χ0) is 18.3. The number of hydrogen-bond donors (Lipinski definition) is 1. The molecule has 0 fully saturated rings. The standard InChI is InChI=1S/C19H17ClN2O4/c1-19(16-6-5-13(20)11-21-16)25-15-4-2-3-14(17(15)26-19)12-7-9-22(10-8-12)18(23)24/h2-7,11H,8-10H2,1H3,(H,23,24). The molecule has 1 aromatic heterocycles. The molecule has 2 aliphatic heterocycles. The zero-order valence-electron chi connectivity index (χ0n) is 14.1. The van der Waals surface area contributed by atoms with Gasteiger partial charge in [-0.15, -0.1) is 0 Å². The van der Waals surface area contributed by atoms with E-state index in [1.165, 1.54) is 4.90 Å². The molecule has 2 aliphatic rings. The molecule has 26 heavy (non-hydrogen) atoms. The van der Waals surface area contributed by atoms with Gasteiger partial charge >= 0.3 is 6.09 Å². The smallest absolute Gasteiger partial charge is 0.407 e. The molecule has 4 rings (SSSR count). The lowest BCUT2D eigenvalue weighted by atomic mass is 9.98. The summed E-state index contributed by atoms with van der Waals surface area (Å²) in [6, 6.07) is 9.25. The molecule has 1 atom stereocenters. The van der Waals surface area contributed by atoms with Crippen LogP contribution < -0.4 is 9.47 Å². The van der Waals surface area contributed by atoms with Crippen molar-refractivity contribution in [3.05, 3.63) is 58.9 Å². The SMILES string of the molecule is CC1(c2ccc(Cl)cn2)Oc2cccc(C3=CCN(C(=O)O)CC3)c2O1. The molecule has 0 radical (unpaired) electrons. The van der Waals surface area contributed by atoms with Crippen LogP contribution >= 0.6 is 11.6 Å². The molecular formula is C19H17ClN2O4. The van der Waals surface area contributed by atoms with Crippen LogP contribution in [0.1, 0.15) is 24.6 Å². The summed E-state index contributed by atoms with van der Waals surface area (Å²) in [5, 5.41) is 9.65. The summed E-state index contributed by atoms with van der Waals surface area (Å²) in [4.78, 5) is 16.8. The summed E-state index contributed by atoms with van der Waals surface area (Å²) in [5.74, 6) is 0.260. The number of aromatic nitrogens is 1. The second-order valence-electron chi connectivity index (χ2n) is 6.35. The van der Waals surface area contributed by atoms with Crippen molar-refractivity contribution in [2.75, 3.05) is 13.1 Å². The molecule has 1 aromatic carbocycles. The van der Waals surface area contributed by atoms with Gasteiger partial charge in [0.25, 0.3) is 5.79 Å². The van der Waals surface area contributed by atoms with Crippen LogP contribution in [0.2, 0.25) is 5.02 Å². The van der Waals surface area contributed by atoms with E-state index >= 15 is 0 Å². The maximum Gasteiger partial charge on any atom is 0.407 e. The Morgan fingerprint density at radius 3 is 2.81 bits per heavy atom. The Bertz CT molecular complexity index is 897. The Morgan fingerprint density at radius 1 is 1.31 bits per heavy atom. The summed E-state index contributed by atoms with van der Waals surface area (Å²) >= 11 is 5.92. The zero-order valence-corrected chi connectivity index (χ0v) is 14.9. The highest BCUT2D eigenvalue weighted by atomic mass is 35.5. The van der Waals surface area contributed by atoms with E-state index in [9.17, 15) is 4.79 Å². The first-order valence-electron chi connectivity index (χ1n) is 8.26. The van der Waals surface area contributed by atoms with Crippen LogP contribution in [0.3, 0.4) is 0 Å². The van der Waals surface area contributed by atoms with Crippen molar-refractivity contribution < 1.29 is 19.4 Å². The first-order chi connectivity index (χ1) is 12.5. The van der Waals surface area contributed by atoms with Gasteiger partial charge < -0.3 is 19.5 Å². The minimum absolute atomic E-state index is 0.366. The van der Waals surface area contributed by atoms with E-state index in [4.69, 9.17) is 26.2 Å². The normalized spacial score (nSPS) is 21.5. The average Bonchev–Trinajstić information content (AvgIpc) is 2.99. The Balaban J connectivity index is 1.65. The van der Waals surface area contributed by atoms with Crippen molar-refractivity contribution in [2.24, 2.45) is 0 Å². The molecule has 0 saturated heterocycles. The van der Waals surface area contributed by atoms with Gasteiger partial charge in [0.2, 0.25) is 0 Å². The van der Waals surface area contributed by atoms with Crippen LogP contribution in [0.5, 0.6) is 11.5 Å². The number of nitrogens with zero attached hydrogens (tertiary/aromatic N) is 2. The van der Waals surface area contributed by atoms with Gasteiger partial charge in [0.1, 0.15) is 5.69 Å². The van der Waals surface area contributed by atoms with Crippen LogP contribution in [0.15, 0.2) is 42.6 Å². The number of pyridine rings is 1. The van der Waals surface area contributed by atoms with Crippen LogP contribution in [0.25, 0.3) is 5.57 Å². The van der Waals surface area contributed by atoms with Crippen molar-refractivity contribution in [1.29, 1.82) is 0 Å². The third kappa shape index (κ3) is 2.86. The van der Waals surface area contributed by atoms with E-state index in [0.29, 0.717) is 41.7 Å². The number of rotatable bonds is 2. The highest BCUT2D eigenvalue weighted by Crippen LogP contribution is 2.48. The molecule has 134 valence electrons. The number of carboxylic acid groups (broad SMARTS) is 1. The maximum atomic E-state index is 11.1. The molecule has 0 bridgehead atoms. The minimum atomic E-state index is -1.04. The third-order valence-electron chi connectivity index (χ3n) is 4.60. The number of fused-ring (bicyclic) bond motifs is 1.